The van der Waals surface area contributed by atoms with E-state index >= 15 is 0 Å². The van der Waals surface area contributed by atoms with E-state index in [1.54, 1.807) is 24.5 Å². The minimum atomic E-state index is -0.231. The van der Waals surface area contributed by atoms with Gasteiger partial charge in [-0.25, -0.2) is 4.39 Å². The van der Waals surface area contributed by atoms with Crippen LogP contribution in [0.2, 0.25) is 0 Å². The fourth-order valence-corrected chi connectivity index (χ4v) is 3.80. The van der Waals surface area contributed by atoms with Gasteiger partial charge in [0, 0.05) is 50.9 Å². The highest BCUT2D eigenvalue weighted by Crippen LogP contribution is 2.35. The Hall–Kier alpha value is -2.47. The van der Waals surface area contributed by atoms with Crippen molar-refractivity contribution >= 4 is 11.6 Å². The van der Waals surface area contributed by atoms with Gasteiger partial charge < -0.3 is 14.5 Å². The van der Waals surface area contributed by atoms with Gasteiger partial charge in [-0.2, -0.15) is 0 Å². The fourth-order valence-electron chi connectivity index (χ4n) is 3.80. The van der Waals surface area contributed by atoms with E-state index in [4.69, 9.17) is 4.74 Å². The van der Waals surface area contributed by atoms with E-state index in [1.807, 2.05) is 17.0 Å². The standard InChI is InChI=1S/C20H22FN3O2/c21-16-1-3-17(4-2-16)23-10-12-24(13-11-23)20(25)18-7-14-26-19(18)15-5-8-22-9-6-15/h1-6,8-9,18-19H,7,10-14H2/t18-,19+/m1/s1. The summed E-state index contributed by atoms with van der Waals surface area (Å²) >= 11 is 0. The molecule has 2 saturated heterocycles. The van der Waals surface area contributed by atoms with E-state index in [0.29, 0.717) is 19.7 Å². The molecule has 1 aromatic carbocycles. The van der Waals surface area contributed by atoms with E-state index in [9.17, 15) is 9.18 Å². The predicted octanol–water partition coefficient (Wildman–Crippen LogP) is 2.65. The number of carbonyl (C=O) groups is 1. The molecule has 3 heterocycles. The van der Waals surface area contributed by atoms with Crippen molar-refractivity contribution in [3.8, 4) is 0 Å². The Bertz CT molecular complexity index is 745. The SMILES string of the molecule is O=C([C@@H]1CCO[C@H]1c1ccncc1)N1CCN(c2ccc(F)cc2)CC1. The highest BCUT2D eigenvalue weighted by atomic mass is 19.1. The number of hydrogen-bond acceptors (Lipinski definition) is 4. The molecular formula is C20H22FN3O2. The monoisotopic (exact) mass is 355 g/mol. The Balaban J connectivity index is 1.39. The first kappa shape index (κ1) is 17.0. The van der Waals surface area contributed by atoms with Crippen LogP contribution in [0.5, 0.6) is 0 Å². The van der Waals surface area contributed by atoms with Gasteiger partial charge in [0.2, 0.25) is 5.91 Å². The van der Waals surface area contributed by atoms with Crippen LogP contribution in [0.3, 0.4) is 0 Å². The minimum Gasteiger partial charge on any atom is -0.373 e. The van der Waals surface area contributed by atoms with Crippen molar-refractivity contribution in [2.45, 2.75) is 12.5 Å². The van der Waals surface area contributed by atoms with Crippen molar-refractivity contribution in [2.75, 3.05) is 37.7 Å². The molecule has 0 N–H and O–H groups in total. The molecule has 2 aromatic rings. The molecule has 1 amide bonds. The van der Waals surface area contributed by atoms with Crippen molar-refractivity contribution in [2.24, 2.45) is 5.92 Å². The van der Waals surface area contributed by atoms with E-state index in [1.165, 1.54) is 12.1 Å². The van der Waals surface area contributed by atoms with Crippen molar-refractivity contribution in [1.82, 2.24) is 9.88 Å². The summed E-state index contributed by atoms with van der Waals surface area (Å²) in [5, 5.41) is 0. The summed E-state index contributed by atoms with van der Waals surface area (Å²) in [6, 6.07) is 10.4. The second-order valence-electron chi connectivity index (χ2n) is 6.76. The number of hydrogen-bond donors (Lipinski definition) is 0. The first-order chi connectivity index (χ1) is 12.7. The van der Waals surface area contributed by atoms with Gasteiger partial charge in [0.25, 0.3) is 0 Å². The summed E-state index contributed by atoms with van der Waals surface area (Å²) < 4.78 is 18.9. The summed E-state index contributed by atoms with van der Waals surface area (Å²) in [6.45, 7) is 3.47. The molecule has 0 saturated carbocycles. The van der Waals surface area contributed by atoms with Gasteiger partial charge in [0.15, 0.2) is 0 Å². The van der Waals surface area contributed by atoms with Gasteiger partial charge in [-0.15, -0.1) is 0 Å². The number of anilines is 1. The number of aromatic nitrogens is 1. The minimum absolute atomic E-state index is 0.130. The molecule has 1 aromatic heterocycles. The Morgan fingerprint density at radius 1 is 1.04 bits per heavy atom. The van der Waals surface area contributed by atoms with Crippen LogP contribution in [-0.2, 0) is 9.53 Å². The van der Waals surface area contributed by atoms with Crippen molar-refractivity contribution in [3.05, 3.63) is 60.2 Å². The normalized spacial score (nSPS) is 23.3. The van der Waals surface area contributed by atoms with E-state index < -0.39 is 0 Å². The molecule has 4 rings (SSSR count). The van der Waals surface area contributed by atoms with Crippen molar-refractivity contribution in [3.63, 3.8) is 0 Å². The predicted molar refractivity (Wildman–Crippen MR) is 96.2 cm³/mol. The average molecular weight is 355 g/mol. The van der Waals surface area contributed by atoms with Crippen molar-refractivity contribution < 1.29 is 13.9 Å². The van der Waals surface area contributed by atoms with Gasteiger partial charge in [0.05, 0.1) is 12.0 Å². The molecule has 2 aliphatic rings. The van der Waals surface area contributed by atoms with Gasteiger partial charge >= 0.3 is 0 Å². The molecule has 0 spiro atoms. The molecule has 2 fully saturated rings. The second kappa shape index (κ2) is 7.41. The van der Waals surface area contributed by atoms with Crippen molar-refractivity contribution in [1.29, 1.82) is 0 Å². The highest BCUT2D eigenvalue weighted by Gasteiger charge is 2.38. The number of carbonyl (C=O) groups excluding carboxylic acids is 1. The molecule has 5 nitrogen and oxygen atoms in total. The van der Waals surface area contributed by atoms with Crippen LogP contribution in [0.4, 0.5) is 10.1 Å². The molecule has 2 aliphatic heterocycles. The molecule has 136 valence electrons. The van der Waals surface area contributed by atoms with Crippen LogP contribution < -0.4 is 4.90 Å². The highest BCUT2D eigenvalue weighted by molar-refractivity contribution is 5.80. The lowest BCUT2D eigenvalue weighted by atomic mass is 9.94. The topological polar surface area (TPSA) is 45.7 Å². The molecule has 0 aliphatic carbocycles. The fraction of sp³-hybridized carbons (Fsp3) is 0.400. The lowest BCUT2D eigenvalue weighted by Gasteiger charge is -2.37. The maximum Gasteiger partial charge on any atom is 0.228 e. The zero-order valence-electron chi connectivity index (χ0n) is 14.6. The number of rotatable bonds is 3. The molecule has 26 heavy (non-hydrogen) atoms. The Labute approximate surface area is 152 Å². The summed E-state index contributed by atoms with van der Waals surface area (Å²) in [6.07, 6.45) is 4.05. The number of amides is 1. The summed E-state index contributed by atoms with van der Waals surface area (Å²) in [7, 11) is 0. The van der Waals surface area contributed by atoms with Crippen LogP contribution in [0.15, 0.2) is 48.8 Å². The Morgan fingerprint density at radius 2 is 1.73 bits per heavy atom. The van der Waals surface area contributed by atoms with Gasteiger partial charge in [-0.05, 0) is 48.4 Å². The van der Waals surface area contributed by atoms with Crippen LogP contribution in [0.1, 0.15) is 18.1 Å². The zero-order valence-corrected chi connectivity index (χ0v) is 14.6. The Morgan fingerprint density at radius 3 is 2.42 bits per heavy atom. The quantitative estimate of drug-likeness (QED) is 0.849. The molecule has 0 unspecified atom stereocenters. The molecule has 6 heteroatoms. The van der Waals surface area contributed by atoms with E-state index in [-0.39, 0.29) is 23.7 Å². The Kier molecular flexibility index (Phi) is 4.84. The maximum absolute atomic E-state index is 13.1. The molecule has 0 bridgehead atoms. The van der Waals surface area contributed by atoms with Crippen LogP contribution in [-0.4, -0.2) is 48.6 Å². The summed E-state index contributed by atoms with van der Waals surface area (Å²) in [4.78, 5) is 21.2. The van der Waals surface area contributed by atoms with E-state index in [2.05, 4.69) is 9.88 Å². The second-order valence-corrected chi connectivity index (χ2v) is 6.76. The lowest BCUT2D eigenvalue weighted by Crippen LogP contribution is -2.50. The average Bonchev–Trinajstić information content (AvgIpc) is 3.19. The summed E-state index contributed by atoms with van der Waals surface area (Å²) in [5.74, 6) is -0.191. The van der Waals surface area contributed by atoms with E-state index in [0.717, 1.165) is 30.8 Å². The smallest absolute Gasteiger partial charge is 0.228 e. The first-order valence-electron chi connectivity index (χ1n) is 9.03. The lowest BCUT2D eigenvalue weighted by molar-refractivity contribution is -0.137. The number of benzene rings is 1. The van der Waals surface area contributed by atoms with Crippen LogP contribution in [0.25, 0.3) is 0 Å². The number of piperazine rings is 1. The number of pyridine rings is 1. The molecule has 0 radical (unpaired) electrons. The van der Waals surface area contributed by atoms with Gasteiger partial charge in [-0.3, -0.25) is 9.78 Å². The first-order valence-corrected chi connectivity index (χ1v) is 9.03. The van der Waals surface area contributed by atoms with Gasteiger partial charge in [-0.1, -0.05) is 0 Å². The zero-order chi connectivity index (χ0) is 17.9. The number of nitrogens with zero attached hydrogens (tertiary/aromatic N) is 3. The van der Waals surface area contributed by atoms with Crippen LogP contribution in [0, 0.1) is 11.7 Å². The molecule has 2 atom stereocenters. The maximum atomic E-state index is 13.1. The third-order valence-corrected chi connectivity index (χ3v) is 5.23. The third kappa shape index (κ3) is 3.42. The summed E-state index contributed by atoms with van der Waals surface area (Å²) in [5.41, 5.74) is 2.01. The molecular weight excluding hydrogens is 333 g/mol. The number of halogens is 1. The van der Waals surface area contributed by atoms with Crippen LogP contribution >= 0.6 is 0 Å². The largest absolute Gasteiger partial charge is 0.373 e. The third-order valence-electron chi connectivity index (χ3n) is 5.23. The number of ether oxygens (including phenoxy) is 1. The van der Waals surface area contributed by atoms with Gasteiger partial charge in [0.1, 0.15) is 5.82 Å².